The molecule has 3 fully saturated rings. The Bertz CT molecular complexity index is 3150. The van der Waals surface area contributed by atoms with Crippen molar-refractivity contribution in [2.24, 2.45) is 0 Å². The van der Waals surface area contributed by atoms with E-state index in [-0.39, 0.29) is 49.3 Å². The van der Waals surface area contributed by atoms with E-state index in [4.69, 9.17) is 29.2 Å². The molecule has 3 saturated heterocycles. The molecule has 72 heavy (non-hydrogen) atoms. The smallest absolute Gasteiger partial charge is 0.414 e. The second-order valence-electron chi connectivity index (χ2n) is 17.3. The maximum atomic E-state index is 12.7. The minimum Gasteiger partial charge on any atom is -0.468 e. The van der Waals surface area contributed by atoms with Gasteiger partial charge in [-0.05, 0) is 94.3 Å². The lowest BCUT2D eigenvalue weighted by Crippen LogP contribution is -2.50. The van der Waals surface area contributed by atoms with E-state index < -0.39 is 34.3 Å². The summed E-state index contributed by atoms with van der Waals surface area (Å²) in [5.74, 6) is -1.09. The second kappa shape index (κ2) is 22.4. The fourth-order valence-electron chi connectivity index (χ4n) is 8.30. The Hall–Kier alpha value is -8.04. The number of hydrogen-bond acceptors (Lipinski definition) is 15. The number of piperazine rings is 1. The number of carbonyl (C=O) groups is 5. The van der Waals surface area contributed by atoms with Crippen molar-refractivity contribution in [1.29, 1.82) is 10.8 Å². The standard InChI is InChI=1S/C29H31N5O5.C23H21N3O6S/c1-38-26(35)19-33-14-12-32(13-15-33)17-25-18-34(29(37)39-25)24-10-8-21(9-11-24)27(30)31-28(36)23-7-6-20-4-2-3-5-22(20)16-23;1-33(29,30)31-14-20-13-26(23(28)32-20)19-10-8-16(9-11-19)21(24)25-22(27)18-7-6-15-4-2-3-5-17(15)12-18/h2-11,16,25H,12-15,17-19H2,1H3,(H2,30,31,36);2-12,20H,13-14H2,1H3,(H2,24,25,27). The van der Waals surface area contributed by atoms with E-state index in [2.05, 4.69) is 20.4 Å². The normalized spacial score (nSPS) is 17.1. The summed E-state index contributed by atoms with van der Waals surface area (Å²) in [4.78, 5) is 68.7. The van der Waals surface area contributed by atoms with Crippen LogP contribution in [0.2, 0.25) is 0 Å². The number of fused-ring (bicyclic) bond motifs is 2. The first kappa shape index (κ1) is 50.4. The molecule has 0 saturated carbocycles. The van der Waals surface area contributed by atoms with Crippen LogP contribution in [0, 0.1) is 10.8 Å². The van der Waals surface area contributed by atoms with Gasteiger partial charge in [-0.2, -0.15) is 8.42 Å². The Morgan fingerprint density at radius 2 is 1.01 bits per heavy atom. The van der Waals surface area contributed by atoms with Crippen LogP contribution in [0.1, 0.15) is 31.8 Å². The zero-order valence-corrected chi connectivity index (χ0v) is 40.2. The molecule has 9 rings (SSSR count). The SMILES string of the molecule is COC(=O)CN1CCN(CC2CN(c3ccc(C(=N)NC(=O)c4ccc5ccccc5c4)cc3)C(=O)O2)CC1.CS(=O)(=O)OCC1CN(c2ccc(C(=N)NC(=O)c3ccc4ccccc4c3)cc2)C(=O)O1. The summed E-state index contributed by atoms with van der Waals surface area (Å²) in [6.07, 6.45) is -1.08. The number of benzene rings is 6. The van der Waals surface area contributed by atoms with Gasteiger partial charge in [-0.1, -0.05) is 60.7 Å². The molecule has 0 radical (unpaired) electrons. The van der Waals surface area contributed by atoms with Crippen molar-refractivity contribution in [3.8, 4) is 0 Å². The van der Waals surface area contributed by atoms with Crippen LogP contribution in [-0.4, -0.2) is 144 Å². The number of nitrogens with zero attached hydrogens (tertiary/aromatic N) is 4. The molecule has 0 bridgehead atoms. The molecule has 6 aromatic rings. The Kier molecular flexibility index (Phi) is 15.6. The van der Waals surface area contributed by atoms with Crippen molar-refractivity contribution >= 4 is 84.7 Å². The fraction of sp³-hybridized carbons (Fsp3) is 0.250. The lowest BCUT2D eigenvalue weighted by atomic mass is 10.1. The van der Waals surface area contributed by atoms with Gasteiger partial charge in [0.05, 0.1) is 33.0 Å². The molecule has 6 aromatic carbocycles. The molecular weight excluding hydrogens is 945 g/mol. The molecule has 2 unspecified atom stereocenters. The summed E-state index contributed by atoms with van der Waals surface area (Å²) in [6.45, 7) is 4.29. The van der Waals surface area contributed by atoms with Gasteiger partial charge in [-0.3, -0.25) is 49.0 Å². The number of amidine groups is 2. The molecule has 0 aromatic heterocycles. The zero-order chi connectivity index (χ0) is 50.9. The number of ether oxygens (including phenoxy) is 3. The quantitative estimate of drug-likeness (QED) is 0.0362. The number of amides is 4. The number of methoxy groups -OCH3 is 1. The van der Waals surface area contributed by atoms with Gasteiger partial charge in [0.2, 0.25) is 0 Å². The zero-order valence-electron chi connectivity index (χ0n) is 39.4. The first-order chi connectivity index (χ1) is 34.6. The molecule has 3 aliphatic heterocycles. The topological polar surface area (TPSA) is 241 Å². The summed E-state index contributed by atoms with van der Waals surface area (Å²) in [7, 11) is -2.24. The number of rotatable bonds is 13. The van der Waals surface area contributed by atoms with Gasteiger partial charge in [-0.25, -0.2) is 9.59 Å². The van der Waals surface area contributed by atoms with Gasteiger partial charge >= 0.3 is 18.2 Å². The van der Waals surface area contributed by atoms with Crippen LogP contribution in [0.3, 0.4) is 0 Å². The average molecular weight is 997 g/mol. The number of hydrogen-bond donors (Lipinski definition) is 4. The molecule has 4 amide bonds. The van der Waals surface area contributed by atoms with E-state index in [1.165, 1.54) is 12.0 Å². The van der Waals surface area contributed by atoms with Gasteiger partial charge in [-0.15, -0.1) is 0 Å². The van der Waals surface area contributed by atoms with E-state index in [1.807, 2.05) is 60.7 Å². The van der Waals surface area contributed by atoms with Gasteiger partial charge in [0.15, 0.2) is 0 Å². The number of cyclic esters (lactones) is 2. The highest BCUT2D eigenvalue weighted by molar-refractivity contribution is 7.86. The van der Waals surface area contributed by atoms with Crippen LogP contribution in [0.25, 0.3) is 21.5 Å². The first-order valence-corrected chi connectivity index (χ1v) is 24.7. The molecule has 4 N–H and O–H groups in total. The van der Waals surface area contributed by atoms with Gasteiger partial charge in [0.1, 0.15) is 30.5 Å². The van der Waals surface area contributed by atoms with Crippen LogP contribution in [0.5, 0.6) is 0 Å². The van der Waals surface area contributed by atoms with Crippen molar-refractivity contribution in [2.75, 3.05) is 82.1 Å². The Balaban J connectivity index is 0.000000195. The molecule has 372 valence electrons. The Morgan fingerprint density at radius 3 is 1.47 bits per heavy atom. The monoisotopic (exact) mass is 996 g/mol. The van der Waals surface area contributed by atoms with Crippen molar-refractivity contribution in [2.45, 2.75) is 12.2 Å². The molecule has 0 spiro atoms. The number of anilines is 2. The predicted octanol–water partition coefficient (Wildman–Crippen LogP) is 5.61. The summed E-state index contributed by atoms with van der Waals surface area (Å²) >= 11 is 0. The fourth-order valence-corrected chi connectivity index (χ4v) is 8.70. The number of nitrogens with one attached hydrogen (secondary N) is 4. The van der Waals surface area contributed by atoms with Crippen molar-refractivity contribution in [3.05, 3.63) is 156 Å². The average Bonchev–Trinajstić information content (AvgIpc) is 3.96. The Labute approximate surface area is 415 Å². The van der Waals surface area contributed by atoms with E-state index in [0.717, 1.165) is 54.0 Å². The highest BCUT2D eigenvalue weighted by Crippen LogP contribution is 2.25. The molecule has 20 heteroatoms. The summed E-state index contributed by atoms with van der Waals surface area (Å²) in [5, 5.41) is 25.8. The highest BCUT2D eigenvalue weighted by atomic mass is 32.2. The maximum Gasteiger partial charge on any atom is 0.414 e. The van der Waals surface area contributed by atoms with E-state index in [0.29, 0.717) is 46.7 Å². The van der Waals surface area contributed by atoms with Crippen LogP contribution in [0.15, 0.2) is 133 Å². The van der Waals surface area contributed by atoms with Gasteiger partial charge < -0.3 is 24.8 Å². The lowest BCUT2D eigenvalue weighted by molar-refractivity contribution is -0.142. The summed E-state index contributed by atoms with van der Waals surface area (Å²) in [6, 6.07) is 39.6. The van der Waals surface area contributed by atoms with Gasteiger partial charge in [0.25, 0.3) is 21.9 Å². The predicted molar refractivity (Wildman–Crippen MR) is 270 cm³/mol. The minimum atomic E-state index is -3.64. The second-order valence-corrected chi connectivity index (χ2v) is 18.9. The van der Waals surface area contributed by atoms with E-state index >= 15 is 0 Å². The molecular formula is C52H52N8O11S. The molecule has 2 atom stereocenters. The van der Waals surface area contributed by atoms with Crippen molar-refractivity contribution < 1.29 is 50.8 Å². The lowest BCUT2D eigenvalue weighted by Gasteiger charge is -2.34. The third kappa shape index (κ3) is 12.8. The van der Waals surface area contributed by atoms with E-state index in [1.54, 1.807) is 77.7 Å². The minimum absolute atomic E-state index is 0.0204. The third-order valence-electron chi connectivity index (χ3n) is 12.2. The highest BCUT2D eigenvalue weighted by Gasteiger charge is 2.35. The number of carbonyl (C=O) groups excluding carboxylic acids is 5. The van der Waals surface area contributed by atoms with Gasteiger partial charge in [0, 0.05) is 66.4 Å². The third-order valence-corrected chi connectivity index (χ3v) is 12.7. The van der Waals surface area contributed by atoms with Crippen molar-refractivity contribution in [3.63, 3.8) is 0 Å². The molecule has 3 heterocycles. The largest absolute Gasteiger partial charge is 0.468 e. The van der Waals surface area contributed by atoms with Crippen LogP contribution in [-0.2, 0) is 33.3 Å². The molecule has 19 nitrogen and oxygen atoms in total. The van der Waals surface area contributed by atoms with Crippen LogP contribution in [0.4, 0.5) is 21.0 Å². The summed E-state index contributed by atoms with van der Waals surface area (Å²) < 4.78 is 42.4. The molecule has 0 aliphatic carbocycles. The Morgan fingerprint density at radius 1 is 0.597 bits per heavy atom. The maximum absolute atomic E-state index is 12.7. The van der Waals surface area contributed by atoms with Crippen LogP contribution < -0.4 is 20.4 Å². The summed E-state index contributed by atoms with van der Waals surface area (Å²) in [5.41, 5.74) is 3.09. The van der Waals surface area contributed by atoms with Crippen LogP contribution >= 0.6 is 0 Å². The number of esters is 1. The first-order valence-electron chi connectivity index (χ1n) is 22.9. The van der Waals surface area contributed by atoms with Crippen molar-refractivity contribution in [1.82, 2.24) is 20.4 Å². The molecule has 3 aliphatic rings. The van der Waals surface area contributed by atoms with E-state index in [9.17, 15) is 32.4 Å².